The van der Waals surface area contributed by atoms with Crippen LogP contribution in [-0.4, -0.2) is 37.2 Å². The molecular formula is C20H26BrN5OS. The number of nitrogens with zero attached hydrogens (tertiary/aromatic N) is 4. The normalized spacial score (nSPS) is 22.3. The van der Waals surface area contributed by atoms with Gasteiger partial charge in [-0.05, 0) is 72.5 Å². The molecule has 4 rings (SSSR count). The zero-order valence-electron chi connectivity index (χ0n) is 16.5. The predicted molar refractivity (Wildman–Crippen MR) is 115 cm³/mol. The molecule has 1 aromatic carbocycles. The molecule has 2 aliphatic rings. The number of hydrogen-bond acceptors (Lipinski definition) is 5. The Hall–Kier alpha value is -1.38. The Morgan fingerprint density at radius 3 is 2.57 bits per heavy atom. The molecule has 2 atom stereocenters. The highest BCUT2D eigenvalue weighted by Gasteiger charge is 2.48. The Balaban J connectivity index is 1.57. The first kappa shape index (κ1) is 19.9. The maximum absolute atomic E-state index is 12.9. The number of rotatable bonds is 3. The van der Waals surface area contributed by atoms with Gasteiger partial charge in [0.15, 0.2) is 0 Å². The lowest BCUT2D eigenvalue weighted by Gasteiger charge is -2.43. The predicted octanol–water partition coefficient (Wildman–Crippen LogP) is 3.57. The number of nitrogens with one attached hydrogen (secondary N) is 1. The number of benzene rings is 1. The van der Waals surface area contributed by atoms with Gasteiger partial charge in [-0.25, -0.2) is 13.9 Å². The standard InChI is InChI=1S/C20H26BrN5OS/c1-19(2,3)28(27)25-17-15-7-5-4-6-14(15)12-20(17)8-10-26(11-9-20)18-22-13-16(21)23-24-18/h4-7,13,17,25H,8-12H2,1-3H3/t17-,28-/m1/s1. The Kier molecular flexibility index (Phi) is 5.31. The SMILES string of the molecule is CC(C)(C)[S@@](=O)N[C@@H]1c2ccccc2CC12CCN(c1ncc(Br)nn1)CC2. The van der Waals surface area contributed by atoms with Crippen molar-refractivity contribution in [1.82, 2.24) is 19.9 Å². The molecule has 6 nitrogen and oxygen atoms in total. The Morgan fingerprint density at radius 2 is 1.93 bits per heavy atom. The highest BCUT2D eigenvalue weighted by molar-refractivity contribution is 9.10. The average molecular weight is 464 g/mol. The molecule has 0 saturated carbocycles. The molecule has 1 N–H and O–H groups in total. The summed E-state index contributed by atoms with van der Waals surface area (Å²) >= 11 is 3.29. The number of halogens is 1. The minimum absolute atomic E-state index is 0.0733. The van der Waals surface area contributed by atoms with E-state index in [0.717, 1.165) is 32.4 Å². The lowest BCUT2D eigenvalue weighted by Crippen LogP contribution is -2.48. The second-order valence-corrected chi connectivity index (χ2v) is 11.5. The van der Waals surface area contributed by atoms with Crippen LogP contribution in [0.2, 0.25) is 0 Å². The fraction of sp³-hybridized carbons (Fsp3) is 0.550. The summed E-state index contributed by atoms with van der Waals surface area (Å²) in [5.41, 5.74) is 2.75. The third-order valence-electron chi connectivity index (χ3n) is 5.87. The van der Waals surface area contributed by atoms with Crippen molar-refractivity contribution in [3.05, 3.63) is 46.2 Å². The summed E-state index contributed by atoms with van der Waals surface area (Å²) in [6, 6.07) is 8.70. The van der Waals surface area contributed by atoms with Crippen LogP contribution in [0.3, 0.4) is 0 Å². The van der Waals surface area contributed by atoms with Crippen molar-refractivity contribution in [2.24, 2.45) is 5.41 Å². The van der Waals surface area contributed by atoms with Gasteiger partial charge >= 0.3 is 0 Å². The van der Waals surface area contributed by atoms with Crippen molar-refractivity contribution in [2.75, 3.05) is 18.0 Å². The van der Waals surface area contributed by atoms with E-state index in [2.05, 4.69) is 65.0 Å². The minimum atomic E-state index is -1.11. The molecule has 150 valence electrons. The summed E-state index contributed by atoms with van der Waals surface area (Å²) in [6.07, 6.45) is 4.71. The van der Waals surface area contributed by atoms with Gasteiger partial charge in [-0.1, -0.05) is 24.3 Å². The Bertz CT molecular complexity index is 875. The summed E-state index contributed by atoms with van der Waals surface area (Å²) in [7, 11) is -1.11. The van der Waals surface area contributed by atoms with E-state index in [9.17, 15) is 4.21 Å². The molecule has 2 aromatic rings. The van der Waals surface area contributed by atoms with Gasteiger partial charge < -0.3 is 4.90 Å². The Labute approximate surface area is 177 Å². The van der Waals surface area contributed by atoms with E-state index in [1.807, 2.05) is 20.8 Å². The van der Waals surface area contributed by atoms with Crippen molar-refractivity contribution >= 4 is 32.9 Å². The van der Waals surface area contributed by atoms with E-state index in [0.29, 0.717) is 10.6 Å². The smallest absolute Gasteiger partial charge is 0.245 e. The van der Waals surface area contributed by atoms with Gasteiger partial charge in [0.1, 0.15) is 4.60 Å². The number of anilines is 1. The topological polar surface area (TPSA) is 71.0 Å². The van der Waals surface area contributed by atoms with Gasteiger partial charge in [0, 0.05) is 13.1 Å². The van der Waals surface area contributed by atoms with Crippen LogP contribution in [0.1, 0.15) is 50.8 Å². The first-order chi connectivity index (χ1) is 13.3. The quantitative estimate of drug-likeness (QED) is 0.752. The maximum atomic E-state index is 12.9. The average Bonchev–Trinajstić information content (AvgIpc) is 2.95. The summed E-state index contributed by atoms with van der Waals surface area (Å²) < 4.78 is 16.8. The van der Waals surface area contributed by atoms with Crippen molar-refractivity contribution in [1.29, 1.82) is 0 Å². The number of fused-ring (bicyclic) bond motifs is 1. The largest absolute Gasteiger partial charge is 0.339 e. The zero-order valence-corrected chi connectivity index (χ0v) is 18.9. The van der Waals surface area contributed by atoms with E-state index in [1.165, 1.54) is 11.1 Å². The van der Waals surface area contributed by atoms with Crippen molar-refractivity contribution < 1.29 is 4.21 Å². The van der Waals surface area contributed by atoms with Crippen LogP contribution in [0.4, 0.5) is 5.95 Å². The third kappa shape index (κ3) is 3.74. The lowest BCUT2D eigenvalue weighted by atomic mass is 9.73. The van der Waals surface area contributed by atoms with Crippen LogP contribution in [-0.2, 0) is 17.4 Å². The van der Waals surface area contributed by atoms with Gasteiger partial charge in [0.25, 0.3) is 0 Å². The van der Waals surface area contributed by atoms with Crippen LogP contribution in [0.5, 0.6) is 0 Å². The molecule has 0 amide bonds. The van der Waals surface area contributed by atoms with Crippen LogP contribution in [0, 0.1) is 5.41 Å². The zero-order chi connectivity index (χ0) is 19.9. The van der Waals surface area contributed by atoms with Crippen LogP contribution in [0.15, 0.2) is 35.1 Å². The van der Waals surface area contributed by atoms with Gasteiger partial charge in [0.05, 0.1) is 28.0 Å². The number of piperidine rings is 1. The van der Waals surface area contributed by atoms with E-state index in [1.54, 1.807) is 6.20 Å². The first-order valence-electron chi connectivity index (χ1n) is 9.65. The van der Waals surface area contributed by atoms with Crippen molar-refractivity contribution in [3.63, 3.8) is 0 Å². The highest BCUT2D eigenvalue weighted by atomic mass is 79.9. The van der Waals surface area contributed by atoms with Gasteiger partial charge in [0.2, 0.25) is 5.95 Å². The molecule has 0 radical (unpaired) electrons. The lowest BCUT2D eigenvalue weighted by molar-refractivity contribution is 0.177. The van der Waals surface area contributed by atoms with Crippen LogP contribution >= 0.6 is 15.9 Å². The van der Waals surface area contributed by atoms with Crippen molar-refractivity contribution in [2.45, 2.75) is 50.8 Å². The fourth-order valence-electron chi connectivity index (χ4n) is 4.28. The molecule has 0 bridgehead atoms. The first-order valence-corrected chi connectivity index (χ1v) is 11.6. The summed E-state index contributed by atoms with van der Waals surface area (Å²) in [4.78, 5) is 6.60. The molecule has 2 heterocycles. The molecule has 1 spiro atoms. The molecule has 28 heavy (non-hydrogen) atoms. The Morgan fingerprint density at radius 1 is 1.21 bits per heavy atom. The highest BCUT2D eigenvalue weighted by Crippen LogP contribution is 2.52. The monoisotopic (exact) mass is 463 g/mol. The van der Waals surface area contributed by atoms with E-state index < -0.39 is 11.0 Å². The fourth-order valence-corrected chi connectivity index (χ4v) is 5.40. The molecule has 1 aliphatic carbocycles. The molecule has 0 unspecified atom stereocenters. The van der Waals surface area contributed by atoms with Crippen LogP contribution < -0.4 is 9.62 Å². The third-order valence-corrected chi connectivity index (χ3v) is 7.79. The maximum Gasteiger partial charge on any atom is 0.245 e. The molecule has 1 saturated heterocycles. The van der Waals surface area contributed by atoms with E-state index in [4.69, 9.17) is 0 Å². The second kappa shape index (κ2) is 7.46. The molecule has 1 aliphatic heterocycles. The van der Waals surface area contributed by atoms with E-state index in [-0.39, 0.29) is 16.2 Å². The van der Waals surface area contributed by atoms with Crippen molar-refractivity contribution in [3.8, 4) is 0 Å². The summed E-state index contributed by atoms with van der Waals surface area (Å²) in [5.74, 6) is 0.677. The molecule has 1 aromatic heterocycles. The van der Waals surface area contributed by atoms with Gasteiger partial charge in [-0.2, -0.15) is 0 Å². The van der Waals surface area contributed by atoms with Gasteiger partial charge in [-0.15, -0.1) is 10.2 Å². The number of hydrogen-bond donors (Lipinski definition) is 1. The van der Waals surface area contributed by atoms with Crippen LogP contribution in [0.25, 0.3) is 0 Å². The molecule has 8 heteroatoms. The number of aromatic nitrogens is 3. The minimum Gasteiger partial charge on any atom is -0.339 e. The summed E-state index contributed by atoms with van der Waals surface area (Å²) in [6.45, 7) is 7.80. The summed E-state index contributed by atoms with van der Waals surface area (Å²) in [5, 5.41) is 8.28. The molecular weight excluding hydrogens is 438 g/mol. The second-order valence-electron chi connectivity index (χ2n) is 8.74. The van der Waals surface area contributed by atoms with Gasteiger partial charge in [-0.3, -0.25) is 0 Å². The van der Waals surface area contributed by atoms with E-state index >= 15 is 0 Å². The molecule has 1 fully saturated rings.